The predicted molar refractivity (Wildman–Crippen MR) is 132 cm³/mol. The number of carbonyl (C=O) groups is 1. The third-order valence-electron chi connectivity index (χ3n) is 5.12. The van der Waals surface area contributed by atoms with Crippen molar-refractivity contribution in [2.45, 2.75) is 45.6 Å². The molecule has 1 heterocycles. The van der Waals surface area contributed by atoms with E-state index in [0.717, 1.165) is 68.3 Å². The number of hydrogen-bond donors (Lipinski definition) is 1. The third-order valence-corrected chi connectivity index (χ3v) is 5.12. The maximum atomic E-state index is 12.1. The molecule has 0 radical (unpaired) electrons. The van der Waals surface area contributed by atoms with Crippen molar-refractivity contribution in [3.63, 3.8) is 0 Å². The molecule has 2 rings (SSSR count). The highest BCUT2D eigenvalue weighted by Crippen LogP contribution is 2.25. The number of halogens is 1. The molecule has 7 nitrogen and oxygen atoms in total. The van der Waals surface area contributed by atoms with Gasteiger partial charge in [-0.15, -0.1) is 24.0 Å². The maximum Gasteiger partial charge on any atom is 0.222 e. The number of amides is 1. The molecule has 0 saturated carbocycles. The number of nitrogens with one attached hydrogen (secondary N) is 1. The first-order valence-electron chi connectivity index (χ1n) is 10.6. The van der Waals surface area contributed by atoms with Crippen LogP contribution in [-0.2, 0) is 11.3 Å². The summed E-state index contributed by atoms with van der Waals surface area (Å²) in [5, 5.41) is 3.35. The highest BCUT2D eigenvalue weighted by molar-refractivity contribution is 14.0. The Balaban J connectivity index is 0.00000450. The molecule has 0 aliphatic carbocycles. The number of guanidine groups is 1. The summed E-state index contributed by atoms with van der Waals surface area (Å²) in [6.45, 7) is 5.90. The van der Waals surface area contributed by atoms with E-state index in [1.165, 1.54) is 0 Å². The van der Waals surface area contributed by atoms with Crippen LogP contribution in [0.25, 0.3) is 0 Å². The first kappa shape index (κ1) is 26.3. The second-order valence-corrected chi connectivity index (χ2v) is 7.31. The zero-order valence-corrected chi connectivity index (χ0v) is 21.1. The van der Waals surface area contributed by atoms with Gasteiger partial charge in [-0.2, -0.15) is 0 Å². The Labute approximate surface area is 198 Å². The SMILES string of the molecule is CCNC(=NCCCN1CCCCCC1=O)N(C)Cc1ccc(OC)cc1OC.I. The van der Waals surface area contributed by atoms with Crippen molar-refractivity contribution in [2.24, 2.45) is 4.99 Å². The molecule has 8 heteroatoms. The fourth-order valence-electron chi connectivity index (χ4n) is 3.50. The van der Waals surface area contributed by atoms with Crippen molar-refractivity contribution >= 4 is 35.8 Å². The van der Waals surface area contributed by atoms with E-state index in [0.29, 0.717) is 25.4 Å². The zero-order chi connectivity index (χ0) is 21.1. The summed E-state index contributed by atoms with van der Waals surface area (Å²) in [6.07, 6.45) is 4.87. The minimum atomic E-state index is 0. The Morgan fingerprint density at radius 3 is 2.73 bits per heavy atom. The zero-order valence-electron chi connectivity index (χ0n) is 18.8. The average molecular weight is 532 g/mol. The van der Waals surface area contributed by atoms with Crippen molar-refractivity contribution in [1.82, 2.24) is 15.1 Å². The molecule has 1 aliphatic rings. The molecule has 170 valence electrons. The van der Waals surface area contributed by atoms with Crippen LogP contribution in [0.4, 0.5) is 0 Å². The fourth-order valence-corrected chi connectivity index (χ4v) is 3.50. The molecular weight excluding hydrogens is 495 g/mol. The number of benzene rings is 1. The molecule has 1 amide bonds. The minimum absolute atomic E-state index is 0. The van der Waals surface area contributed by atoms with Gasteiger partial charge >= 0.3 is 0 Å². The first-order chi connectivity index (χ1) is 14.1. The molecule has 1 N–H and O–H groups in total. The van der Waals surface area contributed by atoms with Gasteiger partial charge in [-0.25, -0.2) is 0 Å². The van der Waals surface area contributed by atoms with Gasteiger partial charge in [0.25, 0.3) is 0 Å². The van der Waals surface area contributed by atoms with Gasteiger partial charge < -0.3 is 24.6 Å². The molecule has 0 atom stereocenters. The Hall–Kier alpha value is -1.71. The highest BCUT2D eigenvalue weighted by atomic mass is 127. The van der Waals surface area contributed by atoms with Crippen LogP contribution in [0, 0.1) is 0 Å². The Kier molecular flexibility index (Phi) is 12.6. The van der Waals surface area contributed by atoms with E-state index in [1.807, 2.05) is 30.1 Å². The van der Waals surface area contributed by atoms with E-state index >= 15 is 0 Å². The number of carbonyl (C=O) groups excluding carboxylic acids is 1. The fraction of sp³-hybridized carbons (Fsp3) is 0.636. The summed E-state index contributed by atoms with van der Waals surface area (Å²) in [6, 6.07) is 5.85. The minimum Gasteiger partial charge on any atom is -0.497 e. The topological polar surface area (TPSA) is 66.4 Å². The Morgan fingerprint density at radius 1 is 1.23 bits per heavy atom. The molecule has 1 fully saturated rings. The number of aliphatic imine (C=N–C) groups is 1. The van der Waals surface area contributed by atoms with Crippen LogP contribution in [0.5, 0.6) is 11.5 Å². The number of likely N-dealkylation sites (tertiary alicyclic amines) is 1. The van der Waals surface area contributed by atoms with E-state index in [4.69, 9.17) is 14.5 Å². The Bertz CT molecular complexity index is 684. The average Bonchev–Trinajstić information content (AvgIpc) is 2.94. The Morgan fingerprint density at radius 2 is 2.03 bits per heavy atom. The van der Waals surface area contributed by atoms with E-state index < -0.39 is 0 Å². The summed E-state index contributed by atoms with van der Waals surface area (Å²) in [5.74, 6) is 2.72. The van der Waals surface area contributed by atoms with Crippen molar-refractivity contribution in [1.29, 1.82) is 0 Å². The molecule has 1 aromatic rings. The van der Waals surface area contributed by atoms with Crippen LogP contribution in [0.2, 0.25) is 0 Å². The smallest absolute Gasteiger partial charge is 0.222 e. The molecule has 1 aliphatic heterocycles. The van der Waals surface area contributed by atoms with E-state index in [2.05, 4.69) is 17.1 Å². The van der Waals surface area contributed by atoms with Gasteiger partial charge in [-0.3, -0.25) is 9.79 Å². The van der Waals surface area contributed by atoms with E-state index in [9.17, 15) is 4.79 Å². The lowest BCUT2D eigenvalue weighted by Gasteiger charge is -2.24. The van der Waals surface area contributed by atoms with Crippen LogP contribution in [-0.4, -0.2) is 69.1 Å². The number of rotatable bonds is 9. The van der Waals surface area contributed by atoms with Gasteiger partial charge in [0.05, 0.1) is 14.2 Å². The van der Waals surface area contributed by atoms with Gasteiger partial charge in [-0.1, -0.05) is 6.42 Å². The van der Waals surface area contributed by atoms with Crippen LogP contribution in [0.1, 0.15) is 44.6 Å². The van der Waals surface area contributed by atoms with Gasteiger partial charge in [0.15, 0.2) is 5.96 Å². The number of ether oxygens (including phenoxy) is 2. The van der Waals surface area contributed by atoms with Crippen LogP contribution in [0.3, 0.4) is 0 Å². The van der Waals surface area contributed by atoms with Crippen LogP contribution in [0.15, 0.2) is 23.2 Å². The monoisotopic (exact) mass is 532 g/mol. The predicted octanol–water partition coefficient (Wildman–Crippen LogP) is 3.51. The van der Waals surface area contributed by atoms with Crippen LogP contribution >= 0.6 is 24.0 Å². The van der Waals surface area contributed by atoms with Crippen molar-refractivity contribution in [2.75, 3.05) is 47.4 Å². The standard InChI is InChI=1S/C22H36N4O3.HI/c1-5-23-22(24-13-9-15-26-14-8-6-7-10-21(26)27)25(2)17-18-11-12-19(28-3)16-20(18)29-4;/h11-12,16H,5-10,13-15,17H2,1-4H3,(H,23,24);1H. The van der Waals surface area contributed by atoms with Crippen molar-refractivity contribution in [3.05, 3.63) is 23.8 Å². The summed E-state index contributed by atoms with van der Waals surface area (Å²) in [4.78, 5) is 21.0. The lowest BCUT2D eigenvalue weighted by Crippen LogP contribution is -2.38. The summed E-state index contributed by atoms with van der Waals surface area (Å²) in [5.41, 5.74) is 1.07. The first-order valence-corrected chi connectivity index (χ1v) is 10.6. The second kappa shape index (κ2) is 14.3. The third kappa shape index (κ3) is 8.20. The lowest BCUT2D eigenvalue weighted by atomic mass is 10.2. The summed E-state index contributed by atoms with van der Waals surface area (Å²) < 4.78 is 10.8. The second-order valence-electron chi connectivity index (χ2n) is 7.31. The van der Waals surface area contributed by atoms with Gasteiger partial charge in [0, 0.05) is 57.8 Å². The molecule has 0 unspecified atom stereocenters. The largest absolute Gasteiger partial charge is 0.497 e. The van der Waals surface area contributed by atoms with Gasteiger partial charge in [0.2, 0.25) is 5.91 Å². The number of methoxy groups -OCH3 is 2. The van der Waals surface area contributed by atoms with Crippen molar-refractivity contribution in [3.8, 4) is 11.5 Å². The van der Waals surface area contributed by atoms with E-state index in [-0.39, 0.29) is 24.0 Å². The lowest BCUT2D eigenvalue weighted by molar-refractivity contribution is -0.130. The van der Waals surface area contributed by atoms with Crippen LogP contribution < -0.4 is 14.8 Å². The molecule has 1 aromatic carbocycles. The molecule has 1 saturated heterocycles. The maximum absolute atomic E-state index is 12.1. The molecular formula is C22H37IN4O3. The quantitative estimate of drug-likeness (QED) is 0.228. The number of hydrogen-bond acceptors (Lipinski definition) is 4. The molecule has 30 heavy (non-hydrogen) atoms. The summed E-state index contributed by atoms with van der Waals surface area (Å²) in [7, 11) is 5.33. The normalized spacial score (nSPS) is 14.6. The number of nitrogens with zero attached hydrogens (tertiary/aromatic N) is 3. The molecule has 0 aromatic heterocycles. The van der Waals surface area contributed by atoms with Gasteiger partial charge in [-0.05, 0) is 38.3 Å². The van der Waals surface area contributed by atoms with Crippen molar-refractivity contribution < 1.29 is 14.3 Å². The molecule has 0 spiro atoms. The summed E-state index contributed by atoms with van der Waals surface area (Å²) >= 11 is 0. The van der Waals surface area contributed by atoms with E-state index in [1.54, 1.807) is 14.2 Å². The van der Waals surface area contributed by atoms with Gasteiger partial charge in [0.1, 0.15) is 11.5 Å². The highest BCUT2D eigenvalue weighted by Gasteiger charge is 2.16. The molecule has 0 bridgehead atoms.